The van der Waals surface area contributed by atoms with Gasteiger partial charge in [-0.25, -0.2) is 9.78 Å². The molecule has 1 aromatic heterocycles. The lowest BCUT2D eigenvalue weighted by Gasteiger charge is -2.36. The van der Waals surface area contributed by atoms with E-state index in [2.05, 4.69) is 15.0 Å². The molecule has 1 aromatic rings. The minimum absolute atomic E-state index is 0.105. The number of carbonyl (C=O) groups is 1. The van der Waals surface area contributed by atoms with Crippen LogP contribution in [-0.2, 0) is 9.53 Å². The fourth-order valence-corrected chi connectivity index (χ4v) is 1.93. The van der Waals surface area contributed by atoms with Gasteiger partial charge in [-0.15, -0.1) is 0 Å². The van der Waals surface area contributed by atoms with E-state index in [4.69, 9.17) is 4.74 Å². The third kappa shape index (κ3) is 3.75. The molecular formula is C12H14F3N3O3. The average Bonchev–Trinajstić information content (AvgIpc) is 2.47. The Labute approximate surface area is 118 Å². The highest BCUT2D eigenvalue weighted by Crippen LogP contribution is 2.23. The van der Waals surface area contributed by atoms with Crippen molar-refractivity contribution in [3.05, 3.63) is 18.3 Å². The summed E-state index contributed by atoms with van der Waals surface area (Å²) in [5.74, 6) is -1.82. The van der Waals surface area contributed by atoms with Crippen LogP contribution in [0.5, 0.6) is 5.88 Å². The van der Waals surface area contributed by atoms with Gasteiger partial charge in [-0.2, -0.15) is 13.2 Å². The molecule has 1 aliphatic heterocycles. The first-order valence-electron chi connectivity index (χ1n) is 6.17. The highest BCUT2D eigenvalue weighted by Gasteiger charge is 2.43. The molecule has 9 heteroatoms. The van der Waals surface area contributed by atoms with E-state index in [1.54, 1.807) is 17.0 Å². The molecule has 6 nitrogen and oxygen atoms in total. The van der Waals surface area contributed by atoms with Gasteiger partial charge < -0.3 is 19.7 Å². The number of nitrogens with one attached hydrogen (secondary N) is 1. The van der Waals surface area contributed by atoms with E-state index in [0.717, 1.165) is 0 Å². The van der Waals surface area contributed by atoms with Crippen LogP contribution < -0.4 is 15.0 Å². The average molecular weight is 305 g/mol. The molecular weight excluding hydrogens is 291 g/mol. The molecule has 1 unspecified atom stereocenters. The predicted octanol–water partition coefficient (Wildman–Crippen LogP) is 0.931. The highest BCUT2D eigenvalue weighted by molar-refractivity contribution is 5.76. The van der Waals surface area contributed by atoms with Gasteiger partial charge in [0.25, 0.3) is 0 Å². The van der Waals surface area contributed by atoms with Gasteiger partial charge in [0.1, 0.15) is 0 Å². The van der Waals surface area contributed by atoms with Crippen molar-refractivity contribution in [2.75, 3.05) is 31.6 Å². The standard InChI is InChI=1S/C12H14F3N3O3/c1-20-9-3-2-8(6-17-9)18-5-4-16-7-10(18)21-11(19)12(13,14)15/h2-3,6,10,16H,4-5,7H2,1H3. The number of aromatic nitrogens is 1. The van der Waals surface area contributed by atoms with Crippen LogP contribution in [0.2, 0.25) is 0 Å². The van der Waals surface area contributed by atoms with Crippen molar-refractivity contribution in [1.29, 1.82) is 0 Å². The summed E-state index contributed by atoms with van der Waals surface area (Å²) >= 11 is 0. The Hall–Kier alpha value is -2.03. The third-order valence-electron chi connectivity index (χ3n) is 2.93. The number of esters is 1. The van der Waals surface area contributed by atoms with Crippen LogP contribution >= 0.6 is 0 Å². The molecule has 1 saturated heterocycles. The maximum Gasteiger partial charge on any atom is 0.491 e. The van der Waals surface area contributed by atoms with Crippen molar-refractivity contribution < 1.29 is 27.4 Å². The van der Waals surface area contributed by atoms with Crippen LogP contribution in [0.3, 0.4) is 0 Å². The Kier molecular flexibility index (Phi) is 4.51. The second kappa shape index (κ2) is 6.17. The molecule has 2 heterocycles. The van der Waals surface area contributed by atoms with Crippen LogP contribution in [0.1, 0.15) is 0 Å². The molecule has 0 saturated carbocycles. The van der Waals surface area contributed by atoms with Crippen molar-refractivity contribution in [2.24, 2.45) is 0 Å². The van der Waals surface area contributed by atoms with Gasteiger partial charge in [0.2, 0.25) is 5.88 Å². The minimum atomic E-state index is -5.01. The van der Waals surface area contributed by atoms with Crippen LogP contribution in [-0.4, -0.2) is 50.1 Å². The minimum Gasteiger partial charge on any atom is -0.481 e. The fraction of sp³-hybridized carbons (Fsp3) is 0.500. The lowest BCUT2D eigenvalue weighted by atomic mass is 10.3. The summed E-state index contributed by atoms with van der Waals surface area (Å²) in [5.41, 5.74) is 0.553. The van der Waals surface area contributed by atoms with Crippen LogP contribution in [0.15, 0.2) is 18.3 Å². The molecule has 0 bridgehead atoms. The lowest BCUT2D eigenvalue weighted by Crippen LogP contribution is -2.54. The van der Waals surface area contributed by atoms with Gasteiger partial charge in [0.05, 0.1) is 25.5 Å². The Morgan fingerprint density at radius 2 is 2.24 bits per heavy atom. The molecule has 1 fully saturated rings. The SMILES string of the molecule is COc1ccc(N2CCNCC2OC(=O)C(F)(F)F)cn1. The number of methoxy groups -OCH3 is 1. The zero-order chi connectivity index (χ0) is 15.5. The van der Waals surface area contributed by atoms with Crippen molar-refractivity contribution in [2.45, 2.75) is 12.4 Å². The molecule has 0 radical (unpaired) electrons. The quantitative estimate of drug-likeness (QED) is 0.838. The van der Waals surface area contributed by atoms with E-state index < -0.39 is 18.4 Å². The normalized spacial score (nSPS) is 19.2. The maximum atomic E-state index is 12.3. The molecule has 21 heavy (non-hydrogen) atoms. The van der Waals surface area contributed by atoms with Gasteiger partial charge >= 0.3 is 12.1 Å². The number of hydrogen-bond donors (Lipinski definition) is 1. The Bertz CT molecular complexity index is 493. The zero-order valence-corrected chi connectivity index (χ0v) is 11.2. The summed E-state index contributed by atoms with van der Waals surface area (Å²) in [4.78, 5) is 16.5. The summed E-state index contributed by atoms with van der Waals surface area (Å²) in [6, 6.07) is 3.23. The molecule has 0 aromatic carbocycles. The monoisotopic (exact) mass is 305 g/mol. The van der Waals surface area contributed by atoms with E-state index in [9.17, 15) is 18.0 Å². The summed E-state index contributed by atoms with van der Waals surface area (Å²) < 4.78 is 46.3. The predicted molar refractivity (Wildman–Crippen MR) is 66.9 cm³/mol. The van der Waals surface area contributed by atoms with Crippen LogP contribution in [0, 0.1) is 0 Å². The zero-order valence-electron chi connectivity index (χ0n) is 11.2. The number of nitrogens with zero attached hydrogens (tertiary/aromatic N) is 2. The second-order valence-corrected chi connectivity index (χ2v) is 4.31. The van der Waals surface area contributed by atoms with Crippen molar-refractivity contribution in [1.82, 2.24) is 10.3 Å². The Morgan fingerprint density at radius 3 is 2.81 bits per heavy atom. The largest absolute Gasteiger partial charge is 0.491 e. The van der Waals surface area contributed by atoms with Gasteiger partial charge in [-0.05, 0) is 6.07 Å². The van der Waals surface area contributed by atoms with Gasteiger partial charge in [-0.1, -0.05) is 0 Å². The van der Waals surface area contributed by atoms with Gasteiger partial charge in [0, 0.05) is 19.2 Å². The summed E-state index contributed by atoms with van der Waals surface area (Å²) in [5, 5.41) is 2.88. The molecule has 1 atom stereocenters. The number of halogens is 3. The molecule has 0 amide bonds. The molecule has 1 aliphatic rings. The lowest BCUT2D eigenvalue weighted by molar-refractivity contribution is -0.205. The summed E-state index contributed by atoms with van der Waals surface area (Å²) in [6.45, 7) is 1.06. The topological polar surface area (TPSA) is 63.7 Å². The first kappa shape index (κ1) is 15.4. The van der Waals surface area contributed by atoms with Crippen molar-refractivity contribution in [3.8, 4) is 5.88 Å². The van der Waals surface area contributed by atoms with E-state index in [-0.39, 0.29) is 6.54 Å². The molecule has 0 aliphatic carbocycles. The summed E-state index contributed by atoms with van der Waals surface area (Å²) in [6.07, 6.45) is -4.59. The number of piperazine rings is 1. The van der Waals surface area contributed by atoms with Crippen molar-refractivity contribution in [3.63, 3.8) is 0 Å². The number of ether oxygens (including phenoxy) is 2. The first-order chi connectivity index (χ1) is 9.91. The maximum absolute atomic E-state index is 12.3. The fourth-order valence-electron chi connectivity index (χ4n) is 1.93. The molecule has 1 N–H and O–H groups in total. The van der Waals surface area contributed by atoms with E-state index in [0.29, 0.717) is 24.7 Å². The number of alkyl halides is 3. The first-order valence-corrected chi connectivity index (χ1v) is 6.17. The van der Waals surface area contributed by atoms with Crippen LogP contribution in [0.25, 0.3) is 0 Å². The van der Waals surface area contributed by atoms with E-state index >= 15 is 0 Å². The Morgan fingerprint density at radius 1 is 1.48 bits per heavy atom. The number of anilines is 1. The van der Waals surface area contributed by atoms with Gasteiger partial charge in [-0.3, -0.25) is 0 Å². The summed E-state index contributed by atoms with van der Waals surface area (Å²) in [7, 11) is 1.46. The van der Waals surface area contributed by atoms with Gasteiger partial charge in [0.15, 0.2) is 6.23 Å². The number of hydrogen-bond acceptors (Lipinski definition) is 6. The third-order valence-corrected chi connectivity index (χ3v) is 2.93. The second-order valence-electron chi connectivity index (χ2n) is 4.31. The smallest absolute Gasteiger partial charge is 0.481 e. The number of pyridine rings is 1. The highest BCUT2D eigenvalue weighted by atomic mass is 19.4. The molecule has 0 spiro atoms. The number of rotatable bonds is 3. The number of carbonyl (C=O) groups excluding carboxylic acids is 1. The van der Waals surface area contributed by atoms with E-state index in [1.807, 2.05) is 0 Å². The van der Waals surface area contributed by atoms with Crippen LogP contribution in [0.4, 0.5) is 18.9 Å². The Balaban J connectivity index is 2.12. The molecule has 116 valence electrons. The molecule has 2 rings (SSSR count). The van der Waals surface area contributed by atoms with Crippen molar-refractivity contribution >= 4 is 11.7 Å². The van der Waals surface area contributed by atoms with E-state index in [1.165, 1.54) is 13.3 Å².